The molecule has 0 radical (unpaired) electrons. The third-order valence-corrected chi connectivity index (χ3v) is 7.11. The number of rotatable bonds is 1. The first-order valence-electron chi connectivity index (χ1n) is 12.2. The molecule has 0 spiro atoms. The van der Waals surface area contributed by atoms with E-state index in [1.807, 2.05) is 31.4 Å². The molecular formula is C31H26N2O2. The van der Waals surface area contributed by atoms with Gasteiger partial charge in [-0.2, -0.15) is 0 Å². The summed E-state index contributed by atoms with van der Waals surface area (Å²) in [5, 5.41) is 4.72. The molecule has 1 aliphatic rings. The number of hydrogen-bond acceptors (Lipinski definition) is 2. The predicted octanol–water partition coefficient (Wildman–Crippen LogP) is 7.77. The van der Waals surface area contributed by atoms with Crippen LogP contribution in [0.15, 0.2) is 78.9 Å². The standard InChI is InChI=1S/C31H26N2O2/c1-31(2,3)35-30(34)33-25-15-9-10-19-16-17-20-18-23-22-13-7-8-14-24(22)32(21-11-5-4-6-12-21)28(23)29(33)27(20)26(19)25/h4-15,18H,16-17H2,1-3H3. The summed E-state index contributed by atoms with van der Waals surface area (Å²) in [7, 11) is 0. The summed E-state index contributed by atoms with van der Waals surface area (Å²) in [4.78, 5) is 13.8. The molecule has 0 atom stereocenters. The van der Waals surface area contributed by atoms with Gasteiger partial charge in [-0.25, -0.2) is 9.36 Å². The molecule has 172 valence electrons. The van der Waals surface area contributed by atoms with Gasteiger partial charge in [0.25, 0.3) is 0 Å². The van der Waals surface area contributed by atoms with Gasteiger partial charge in [0, 0.05) is 27.2 Å². The van der Waals surface area contributed by atoms with Gasteiger partial charge in [-0.3, -0.25) is 0 Å². The average Bonchev–Trinajstić information content (AvgIpc) is 3.36. The fraction of sp³-hybridized carbons (Fsp3) is 0.194. The van der Waals surface area contributed by atoms with Crippen LogP contribution in [0.4, 0.5) is 4.79 Å². The normalized spacial score (nSPS) is 13.5. The number of aromatic nitrogens is 2. The Balaban J connectivity index is 1.77. The fourth-order valence-corrected chi connectivity index (χ4v) is 5.86. The van der Waals surface area contributed by atoms with Crippen LogP contribution in [0, 0.1) is 0 Å². The minimum Gasteiger partial charge on any atom is -0.443 e. The Morgan fingerprint density at radius 2 is 1.46 bits per heavy atom. The third-order valence-electron chi connectivity index (χ3n) is 7.11. The van der Waals surface area contributed by atoms with Crippen LogP contribution < -0.4 is 0 Å². The number of ether oxygens (including phenoxy) is 1. The molecule has 0 unspecified atom stereocenters. The zero-order chi connectivity index (χ0) is 23.9. The molecular weight excluding hydrogens is 432 g/mol. The average molecular weight is 459 g/mol. The Morgan fingerprint density at radius 3 is 2.26 bits per heavy atom. The molecule has 4 nitrogen and oxygen atoms in total. The molecule has 6 aromatic rings. The number of carbonyl (C=O) groups is 1. The van der Waals surface area contributed by atoms with Crippen molar-refractivity contribution in [1.29, 1.82) is 0 Å². The van der Waals surface area contributed by atoms with Gasteiger partial charge >= 0.3 is 6.09 Å². The van der Waals surface area contributed by atoms with Crippen LogP contribution in [0.5, 0.6) is 0 Å². The zero-order valence-electron chi connectivity index (χ0n) is 20.1. The van der Waals surface area contributed by atoms with Gasteiger partial charge < -0.3 is 9.30 Å². The lowest BCUT2D eigenvalue weighted by Gasteiger charge is -2.20. The highest BCUT2D eigenvalue weighted by Gasteiger charge is 2.30. The van der Waals surface area contributed by atoms with Crippen molar-refractivity contribution in [3.8, 4) is 5.69 Å². The van der Waals surface area contributed by atoms with Crippen LogP contribution in [-0.2, 0) is 17.6 Å². The molecule has 7 rings (SSSR count). The Kier molecular flexibility index (Phi) is 4.06. The maximum absolute atomic E-state index is 13.8. The van der Waals surface area contributed by atoms with Crippen LogP contribution in [0.3, 0.4) is 0 Å². The summed E-state index contributed by atoms with van der Waals surface area (Å²) in [5.41, 5.74) is 7.11. The smallest absolute Gasteiger partial charge is 0.419 e. The summed E-state index contributed by atoms with van der Waals surface area (Å²) in [6.07, 6.45) is 1.60. The zero-order valence-corrected chi connectivity index (χ0v) is 20.1. The minimum atomic E-state index is -0.597. The first-order chi connectivity index (χ1) is 16.9. The lowest BCUT2D eigenvalue weighted by Crippen LogP contribution is -2.27. The second kappa shape index (κ2) is 6.98. The summed E-state index contributed by atoms with van der Waals surface area (Å²) in [5.74, 6) is 0. The monoisotopic (exact) mass is 458 g/mol. The third kappa shape index (κ3) is 2.83. The molecule has 0 N–H and O–H groups in total. The van der Waals surface area contributed by atoms with Gasteiger partial charge in [-0.1, -0.05) is 48.5 Å². The highest BCUT2D eigenvalue weighted by atomic mass is 16.6. The van der Waals surface area contributed by atoms with Gasteiger partial charge in [0.1, 0.15) is 5.60 Å². The van der Waals surface area contributed by atoms with Gasteiger partial charge in [-0.15, -0.1) is 0 Å². The molecule has 0 bridgehead atoms. The fourth-order valence-electron chi connectivity index (χ4n) is 5.86. The predicted molar refractivity (Wildman–Crippen MR) is 143 cm³/mol. The van der Waals surface area contributed by atoms with Crippen LogP contribution in [0.1, 0.15) is 31.9 Å². The van der Waals surface area contributed by atoms with Crippen molar-refractivity contribution < 1.29 is 9.53 Å². The number of aryl methyl sites for hydroxylation is 2. The second-order valence-electron chi connectivity index (χ2n) is 10.5. The topological polar surface area (TPSA) is 36.2 Å². The molecule has 0 amide bonds. The van der Waals surface area contributed by atoms with Crippen molar-refractivity contribution in [2.24, 2.45) is 0 Å². The van der Waals surface area contributed by atoms with E-state index in [-0.39, 0.29) is 6.09 Å². The summed E-state index contributed by atoms with van der Waals surface area (Å²) in [6, 6.07) is 27.6. The molecule has 2 aromatic heterocycles. The van der Waals surface area contributed by atoms with E-state index in [1.165, 1.54) is 32.7 Å². The van der Waals surface area contributed by atoms with E-state index in [1.54, 1.807) is 0 Å². The van der Waals surface area contributed by atoms with Crippen molar-refractivity contribution in [2.45, 2.75) is 39.2 Å². The maximum Gasteiger partial charge on any atom is 0.419 e. The second-order valence-corrected chi connectivity index (χ2v) is 10.5. The quantitative estimate of drug-likeness (QED) is 0.252. The van der Waals surface area contributed by atoms with Gasteiger partial charge in [0.05, 0.1) is 22.1 Å². The van der Waals surface area contributed by atoms with E-state index in [4.69, 9.17) is 4.74 Å². The molecule has 0 saturated heterocycles. The maximum atomic E-state index is 13.8. The summed E-state index contributed by atoms with van der Waals surface area (Å²) in [6.45, 7) is 5.76. The molecule has 0 saturated carbocycles. The van der Waals surface area contributed by atoms with E-state index >= 15 is 0 Å². The van der Waals surface area contributed by atoms with Gasteiger partial charge in [0.2, 0.25) is 0 Å². The van der Waals surface area contributed by atoms with Crippen LogP contribution >= 0.6 is 0 Å². The molecule has 35 heavy (non-hydrogen) atoms. The number of hydrogen-bond donors (Lipinski definition) is 0. The Hall–Kier alpha value is -4.05. The van der Waals surface area contributed by atoms with Gasteiger partial charge in [-0.05, 0) is 75.1 Å². The van der Waals surface area contributed by atoms with E-state index in [2.05, 4.69) is 77.4 Å². The Labute approximate surface area is 203 Å². The van der Waals surface area contributed by atoms with E-state index in [0.717, 1.165) is 40.6 Å². The number of carbonyl (C=O) groups excluding carboxylic acids is 1. The van der Waals surface area contributed by atoms with E-state index < -0.39 is 5.60 Å². The Morgan fingerprint density at radius 1 is 0.743 bits per heavy atom. The SMILES string of the molecule is CC(C)(C)OC(=O)n1c2cccc3c2c2c(cc4c5ccccc5n(-c5ccccc5)c4c21)CC3. The van der Waals surface area contributed by atoms with Crippen molar-refractivity contribution in [3.05, 3.63) is 90.0 Å². The number of fused-ring (bicyclic) bond motifs is 4. The minimum absolute atomic E-state index is 0.333. The highest BCUT2D eigenvalue weighted by Crippen LogP contribution is 2.45. The highest BCUT2D eigenvalue weighted by molar-refractivity contribution is 6.27. The van der Waals surface area contributed by atoms with Crippen molar-refractivity contribution in [1.82, 2.24) is 9.13 Å². The van der Waals surface area contributed by atoms with E-state index in [9.17, 15) is 4.79 Å². The largest absolute Gasteiger partial charge is 0.443 e. The summed E-state index contributed by atoms with van der Waals surface area (Å²) >= 11 is 0. The first-order valence-corrected chi connectivity index (χ1v) is 12.2. The van der Waals surface area contributed by atoms with Crippen LogP contribution in [0.25, 0.3) is 49.3 Å². The lowest BCUT2D eigenvalue weighted by molar-refractivity contribution is 0.0551. The molecule has 1 aliphatic carbocycles. The van der Waals surface area contributed by atoms with Crippen molar-refractivity contribution in [3.63, 3.8) is 0 Å². The van der Waals surface area contributed by atoms with Crippen molar-refractivity contribution in [2.75, 3.05) is 0 Å². The molecule has 4 aromatic carbocycles. The summed E-state index contributed by atoms with van der Waals surface area (Å²) < 4.78 is 10.1. The van der Waals surface area contributed by atoms with Crippen LogP contribution in [-0.4, -0.2) is 20.8 Å². The molecule has 4 heteroatoms. The van der Waals surface area contributed by atoms with E-state index in [0.29, 0.717) is 0 Å². The molecule has 0 aliphatic heterocycles. The van der Waals surface area contributed by atoms with Gasteiger partial charge in [0.15, 0.2) is 0 Å². The number of nitrogens with zero attached hydrogens (tertiary/aromatic N) is 2. The van der Waals surface area contributed by atoms with Crippen molar-refractivity contribution >= 4 is 49.7 Å². The lowest BCUT2D eigenvalue weighted by atomic mass is 9.90. The number of para-hydroxylation sites is 2. The molecule has 2 heterocycles. The van der Waals surface area contributed by atoms with Crippen LogP contribution in [0.2, 0.25) is 0 Å². The first kappa shape index (κ1) is 20.3. The molecule has 0 fully saturated rings. The Bertz CT molecular complexity index is 1810. The number of benzene rings is 4.